The topological polar surface area (TPSA) is 208 Å². The predicted molar refractivity (Wildman–Crippen MR) is 126 cm³/mol. The van der Waals surface area contributed by atoms with E-state index < -0.39 is 68.4 Å². The quantitative estimate of drug-likeness (QED) is 0.173. The molecule has 0 spiro atoms. The minimum absolute atomic E-state index is 0.0166. The number of rotatable bonds is 9. The van der Waals surface area contributed by atoms with Gasteiger partial charge in [-0.1, -0.05) is 13.8 Å². The number of anilines is 4. The molecule has 1 aliphatic carbocycles. The van der Waals surface area contributed by atoms with Crippen molar-refractivity contribution in [3.8, 4) is 0 Å². The monoisotopic (exact) mass is 489 g/mol. The summed E-state index contributed by atoms with van der Waals surface area (Å²) in [4.78, 5) is 85.2. The summed E-state index contributed by atoms with van der Waals surface area (Å²) >= 11 is 0. The Balaban J connectivity index is 2.54. The van der Waals surface area contributed by atoms with Crippen LogP contribution in [0.5, 0.6) is 0 Å². The normalized spacial score (nSPS) is 15.3. The van der Waals surface area contributed by atoms with Crippen molar-refractivity contribution in [2.75, 3.05) is 21.7 Å². The van der Waals surface area contributed by atoms with Crippen molar-refractivity contribution in [3.63, 3.8) is 0 Å². The van der Waals surface area contributed by atoms with E-state index in [1.54, 1.807) is 0 Å². The fraction of sp³-hybridized carbons (Fsp3) is 0.455. The van der Waals surface area contributed by atoms with Gasteiger partial charge in [0, 0.05) is 25.7 Å². The highest BCUT2D eigenvalue weighted by atomic mass is 16.6. The maximum absolute atomic E-state index is 12.9. The summed E-state index contributed by atoms with van der Waals surface area (Å²) < 4.78 is 0. The van der Waals surface area contributed by atoms with Gasteiger partial charge in [-0.3, -0.25) is 38.9 Å². The summed E-state index contributed by atoms with van der Waals surface area (Å²) in [7, 11) is 0. The second-order valence-corrected chi connectivity index (χ2v) is 8.22. The smallest absolute Gasteiger partial charge is 0.318 e. The van der Waals surface area contributed by atoms with Gasteiger partial charge in [-0.2, -0.15) is 0 Å². The molecule has 1 fully saturated rings. The fourth-order valence-corrected chi connectivity index (χ4v) is 3.64. The Hall–Kier alpha value is -4.16. The number of nitrogens with two attached hydrogens (primary N) is 1. The molecule has 0 aliphatic heterocycles. The molecule has 35 heavy (non-hydrogen) atoms. The van der Waals surface area contributed by atoms with E-state index >= 15 is 0 Å². The highest BCUT2D eigenvalue weighted by Gasteiger charge is 2.53. The van der Waals surface area contributed by atoms with Gasteiger partial charge in [0.05, 0.1) is 22.2 Å². The third kappa shape index (κ3) is 5.18. The van der Waals surface area contributed by atoms with Gasteiger partial charge in [-0.05, 0) is 19.9 Å². The molecule has 1 aromatic carbocycles. The van der Waals surface area contributed by atoms with Crippen LogP contribution >= 0.6 is 0 Å². The molecule has 188 valence electrons. The molecule has 1 atom stereocenters. The summed E-state index contributed by atoms with van der Waals surface area (Å²) in [5.41, 5.74) is 1.93. The highest BCUT2D eigenvalue weighted by molar-refractivity contribution is 6.31. The molecule has 2 rings (SSSR count). The van der Waals surface area contributed by atoms with Gasteiger partial charge < -0.3 is 21.7 Å². The van der Waals surface area contributed by atoms with E-state index in [1.807, 2.05) is 0 Å². The summed E-state index contributed by atoms with van der Waals surface area (Å²) in [6, 6.07) is 1.01. The maximum atomic E-state index is 12.9. The fourth-order valence-electron chi connectivity index (χ4n) is 3.64. The van der Waals surface area contributed by atoms with Crippen LogP contribution in [0.3, 0.4) is 0 Å². The molecular formula is C22H27N5O8. The van der Waals surface area contributed by atoms with E-state index in [0.29, 0.717) is 0 Å². The van der Waals surface area contributed by atoms with E-state index in [1.165, 1.54) is 27.7 Å². The Bertz CT molecular complexity index is 1130. The number of nitro benzene ring substituents is 1. The molecule has 13 nitrogen and oxygen atoms in total. The van der Waals surface area contributed by atoms with E-state index in [-0.39, 0.29) is 37.1 Å². The van der Waals surface area contributed by atoms with Crippen LogP contribution in [0, 0.1) is 21.4 Å². The zero-order valence-electron chi connectivity index (χ0n) is 19.8. The van der Waals surface area contributed by atoms with Gasteiger partial charge in [-0.25, -0.2) is 0 Å². The molecule has 1 saturated carbocycles. The third-order valence-electron chi connectivity index (χ3n) is 5.92. The Kier molecular flexibility index (Phi) is 8.05. The first kappa shape index (κ1) is 27.1. The Morgan fingerprint density at radius 3 is 1.97 bits per heavy atom. The van der Waals surface area contributed by atoms with Crippen LogP contribution in [0.2, 0.25) is 0 Å². The van der Waals surface area contributed by atoms with Crippen molar-refractivity contribution in [2.24, 2.45) is 11.3 Å². The molecule has 0 aromatic heterocycles. The molecular weight excluding hydrogens is 462 g/mol. The van der Waals surface area contributed by atoms with Gasteiger partial charge in [0.2, 0.25) is 17.7 Å². The highest BCUT2D eigenvalue weighted by Crippen LogP contribution is 2.44. The summed E-state index contributed by atoms with van der Waals surface area (Å²) in [6.07, 6.45) is -0.255. The number of nitro groups is 1. The lowest BCUT2D eigenvalue weighted by atomic mass is 9.77. The number of ketones is 3. The summed E-state index contributed by atoms with van der Waals surface area (Å²) in [6.45, 7) is 5.38. The molecule has 0 bridgehead atoms. The summed E-state index contributed by atoms with van der Waals surface area (Å²) in [5, 5.41) is 18.9. The molecule has 0 heterocycles. The number of carbonyl (C=O) groups is 6. The number of Topliss-reactive ketones (excluding diaryl/α,β-unsaturated/α-hetero) is 3. The molecule has 0 saturated heterocycles. The zero-order valence-corrected chi connectivity index (χ0v) is 19.8. The number of amides is 3. The van der Waals surface area contributed by atoms with Gasteiger partial charge in [0.25, 0.3) is 0 Å². The average molecular weight is 489 g/mol. The maximum Gasteiger partial charge on any atom is 0.318 e. The molecule has 3 amide bonds. The average Bonchev–Trinajstić information content (AvgIpc) is 3.07. The standard InChI is InChI=1S/C22H27N5O8/c1-5-15(30)25-17-11(23)9-12(19(27(34)35)18(17)26-16(31)6-2)24-21(33)10(3)20(32)22(4)13(28)7-8-14(22)29/h9-10H,5-8,23H2,1-4H3,(H,24,33)(H,25,30)(H,26,31). The largest absolute Gasteiger partial charge is 0.397 e. The minimum atomic E-state index is -1.96. The van der Waals surface area contributed by atoms with Crippen molar-refractivity contribution in [2.45, 2.75) is 53.4 Å². The molecule has 1 aliphatic rings. The number of nitrogens with zero attached hydrogens (tertiary/aromatic N) is 1. The second-order valence-electron chi connectivity index (χ2n) is 8.22. The van der Waals surface area contributed by atoms with Crippen LogP contribution in [-0.2, 0) is 28.8 Å². The molecule has 1 aromatic rings. The number of nitrogen functional groups attached to an aromatic ring is 1. The Labute approximate surface area is 200 Å². The molecule has 13 heteroatoms. The number of hydrogen-bond donors (Lipinski definition) is 4. The van der Waals surface area contributed by atoms with Crippen molar-refractivity contribution in [1.82, 2.24) is 0 Å². The van der Waals surface area contributed by atoms with Gasteiger partial charge in [0.1, 0.15) is 16.8 Å². The van der Waals surface area contributed by atoms with Crippen molar-refractivity contribution in [3.05, 3.63) is 16.2 Å². The lowest BCUT2D eigenvalue weighted by Gasteiger charge is -2.23. The lowest BCUT2D eigenvalue weighted by Crippen LogP contribution is -2.44. The van der Waals surface area contributed by atoms with Crippen LogP contribution in [0.15, 0.2) is 6.07 Å². The van der Waals surface area contributed by atoms with Crippen LogP contribution in [0.1, 0.15) is 53.4 Å². The number of hydrogen-bond acceptors (Lipinski definition) is 9. The van der Waals surface area contributed by atoms with E-state index in [9.17, 15) is 38.9 Å². The first-order valence-corrected chi connectivity index (χ1v) is 10.9. The number of carbonyl (C=O) groups excluding carboxylic acids is 6. The minimum Gasteiger partial charge on any atom is -0.397 e. The van der Waals surface area contributed by atoms with Crippen molar-refractivity contribution >= 4 is 63.5 Å². The first-order valence-electron chi connectivity index (χ1n) is 10.9. The lowest BCUT2D eigenvalue weighted by molar-refractivity contribution is -0.382. The molecule has 1 unspecified atom stereocenters. The van der Waals surface area contributed by atoms with Gasteiger partial charge in [-0.15, -0.1) is 0 Å². The van der Waals surface area contributed by atoms with Crippen LogP contribution in [0.25, 0.3) is 0 Å². The number of benzene rings is 1. The summed E-state index contributed by atoms with van der Waals surface area (Å²) in [5.74, 6) is -5.81. The number of nitrogens with one attached hydrogen (secondary N) is 3. The van der Waals surface area contributed by atoms with Crippen LogP contribution < -0.4 is 21.7 Å². The van der Waals surface area contributed by atoms with E-state index in [2.05, 4.69) is 16.0 Å². The van der Waals surface area contributed by atoms with E-state index in [0.717, 1.165) is 6.07 Å². The Morgan fingerprint density at radius 1 is 1.03 bits per heavy atom. The zero-order chi connectivity index (χ0) is 26.7. The van der Waals surface area contributed by atoms with Gasteiger partial charge >= 0.3 is 5.69 Å². The third-order valence-corrected chi connectivity index (χ3v) is 5.92. The van der Waals surface area contributed by atoms with E-state index in [4.69, 9.17) is 5.73 Å². The van der Waals surface area contributed by atoms with Crippen LogP contribution in [-0.4, -0.2) is 40.0 Å². The predicted octanol–water partition coefficient (Wildman–Crippen LogP) is 1.96. The first-order chi connectivity index (χ1) is 16.3. The van der Waals surface area contributed by atoms with Crippen molar-refractivity contribution < 1.29 is 33.7 Å². The van der Waals surface area contributed by atoms with Crippen molar-refractivity contribution in [1.29, 1.82) is 0 Å². The van der Waals surface area contributed by atoms with Gasteiger partial charge in [0.15, 0.2) is 17.3 Å². The van der Waals surface area contributed by atoms with Crippen LogP contribution in [0.4, 0.5) is 28.4 Å². The Morgan fingerprint density at radius 2 is 1.51 bits per heavy atom. The SMILES string of the molecule is CCC(=O)Nc1c(N)cc(NC(=O)C(C)C(=O)C2(C)C(=O)CCC2=O)c([N+](=O)[O-])c1NC(=O)CC. The second kappa shape index (κ2) is 10.4. The molecule has 0 radical (unpaired) electrons. The molecule has 5 N–H and O–H groups in total.